The molecule has 0 radical (unpaired) electrons. The maximum atomic E-state index is 12.7. The molecule has 1 amide bonds. The molecule has 3 aromatic rings. The number of nitrogens with one attached hydrogen (secondary N) is 1. The third kappa shape index (κ3) is 5.39. The normalized spacial score (nSPS) is 11.0. The van der Waals surface area contributed by atoms with Crippen LogP contribution in [0, 0.1) is 6.92 Å². The Hall–Kier alpha value is -3.52. The Bertz CT molecular complexity index is 1210. The zero-order valence-electron chi connectivity index (χ0n) is 18.5. The average molecular weight is 455 g/mol. The average Bonchev–Trinajstić information content (AvgIpc) is 2.78. The molecular formula is C24H26N2O5S. The summed E-state index contributed by atoms with van der Waals surface area (Å²) in [6.45, 7) is 2.15. The Morgan fingerprint density at radius 2 is 1.66 bits per heavy atom. The molecule has 32 heavy (non-hydrogen) atoms. The molecule has 0 atom stereocenters. The van der Waals surface area contributed by atoms with Gasteiger partial charge in [-0.3, -0.25) is 9.10 Å². The number of sulfonamides is 1. The van der Waals surface area contributed by atoms with E-state index in [4.69, 9.17) is 9.47 Å². The number of aryl methyl sites for hydroxylation is 1. The maximum absolute atomic E-state index is 12.7. The molecule has 0 bridgehead atoms. The first-order valence-electron chi connectivity index (χ1n) is 9.88. The lowest BCUT2D eigenvalue weighted by molar-refractivity contribution is 0.102. The highest BCUT2D eigenvalue weighted by Crippen LogP contribution is 2.30. The van der Waals surface area contributed by atoms with E-state index in [1.165, 1.54) is 17.7 Å². The van der Waals surface area contributed by atoms with Crippen LogP contribution in [0.3, 0.4) is 0 Å². The minimum absolute atomic E-state index is 0.208. The molecule has 0 aliphatic heterocycles. The Morgan fingerprint density at radius 3 is 2.25 bits per heavy atom. The molecule has 3 aromatic carbocycles. The number of methoxy groups -OCH3 is 2. The van der Waals surface area contributed by atoms with Gasteiger partial charge in [0, 0.05) is 11.6 Å². The van der Waals surface area contributed by atoms with Crippen molar-refractivity contribution in [1.82, 2.24) is 0 Å². The predicted octanol–water partition coefficient (Wildman–Crippen LogP) is 4.23. The van der Waals surface area contributed by atoms with E-state index < -0.39 is 10.0 Å². The van der Waals surface area contributed by atoms with Crippen LogP contribution < -0.4 is 19.1 Å². The van der Waals surface area contributed by atoms with Crippen LogP contribution in [-0.4, -0.2) is 34.8 Å². The zero-order chi connectivity index (χ0) is 23.3. The number of ether oxygens (including phenoxy) is 2. The second kappa shape index (κ2) is 9.74. The smallest absolute Gasteiger partial charge is 0.255 e. The number of hydrogen-bond acceptors (Lipinski definition) is 5. The molecular weight excluding hydrogens is 428 g/mol. The highest BCUT2D eigenvalue weighted by Gasteiger charge is 2.19. The third-order valence-electron chi connectivity index (χ3n) is 5.05. The highest BCUT2D eigenvalue weighted by molar-refractivity contribution is 7.92. The van der Waals surface area contributed by atoms with Crippen LogP contribution >= 0.6 is 0 Å². The number of carbonyl (C=O) groups excluding carboxylic acids is 1. The van der Waals surface area contributed by atoms with Gasteiger partial charge < -0.3 is 14.8 Å². The minimum Gasteiger partial charge on any atom is -0.497 e. The van der Waals surface area contributed by atoms with Gasteiger partial charge in [0.2, 0.25) is 10.0 Å². The second-order valence-corrected chi connectivity index (χ2v) is 9.17. The van der Waals surface area contributed by atoms with Crippen molar-refractivity contribution in [3.05, 3.63) is 83.4 Å². The van der Waals surface area contributed by atoms with Crippen molar-refractivity contribution in [2.24, 2.45) is 0 Å². The summed E-state index contributed by atoms with van der Waals surface area (Å²) >= 11 is 0. The number of anilines is 2. The molecule has 0 unspecified atom stereocenters. The summed E-state index contributed by atoms with van der Waals surface area (Å²) in [6, 6.07) is 19.2. The van der Waals surface area contributed by atoms with E-state index in [2.05, 4.69) is 5.32 Å². The number of hydrogen-bond donors (Lipinski definition) is 1. The van der Waals surface area contributed by atoms with Gasteiger partial charge in [-0.25, -0.2) is 8.42 Å². The lowest BCUT2D eigenvalue weighted by Crippen LogP contribution is -2.29. The summed E-state index contributed by atoms with van der Waals surface area (Å²) < 4.78 is 36.7. The molecule has 0 saturated carbocycles. The largest absolute Gasteiger partial charge is 0.497 e. The van der Waals surface area contributed by atoms with Crippen LogP contribution in [-0.2, 0) is 16.6 Å². The van der Waals surface area contributed by atoms with Gasteiger partial charge in [-0.15, -0.1) is 0 Å². The fourth-order valence-corrected chi connectivity index (χ4v) is 4.10. The maximum Gasteiger partial charge on any atom is 0.255 e. The molecule has 0 heterocycles. The number of nitrogens with zero attached hydrogens (tertiary/aromatic N) is 1. The highest BCUT2D eigenvalue weighted by atomic mass is 32.2. The van der Waals surface area contributed by atoms with E-state index in [1.807, 2.05) is 31.2 Å². The Kier molecular flexibility index (Phi) is 7.05. The van der Waals surface area contributed by atoms with Gasteiger partial charge in [-0.05, 0) is 54.4 Å². The molecule has 1 N–H and O–H groups in total. The summed E-state index contributed by atoms with van der Waals surface area (Å²) in [4.78, 5) is 12.7. The Balaban J connectivity index is 1.82. The lowest BCUT2D eigenvalue weighted by Gasteiger charge is -2.23. The summed E-state index contributed by atoms with van der Waals surface area (Å²) in [7, 11) is -0.469. The monoisotopic (exact) mass is 454 g/mol. The Morgan fingerprint density at radius 1 is 0.969 bits per heavy atom. The van der Waals surface area contributed by atoms with Crippen LogP contribution in [0.4, 0.5) is 11.4 Å². The summed E-state index contributed by atoms with van der Waals surface area (Å²) in [5.74, 6) is 0.736. The lowest BCUT2D eigenvalue weighted by atomic mass is 10.1. The van der Waals surface area contributed by atoms with Gasteiger partial charge in [0.25, 0.3) is 5.91 Å². The molecule has 0 aliphatic rings. The van der Waals surface area contributed by atoms with Crippen LogP contribution in [0.1, 0.15) is 21.5 Å². The second-order valence-electron chi connectivity index (χ2n) is 7.26. The van der Waals surface area contributed by atoms with Gasteiger partial charge in [-0.1, -0.05) is 24.3 Å². The first-order valence-corrected chi connectivity index (χ1v) is 11.7. The van der Waals surface area contributed by atoms with Gasteiger partial charge in [0.15, 0.2) is 0 Å². The van der Waals surface area contributed by atoms with Gasteiger partial charge in [-0.2, -0.15) is 0 Å². The van der Waals surface area contributed by atoms with Crippen LogP contribution in [0.15, 0.2) is 66.7 Å². The zero-order valence-corrected chi connectivity index (χ0v) is 19.3. The van der Waals surface area contributed by atoms with Crippen molar-refractivity contribution in [3.8, 4) is 11.5 Å². The van der Waals surface area contributed by atoms with E-state index >= 15 is 0 Å². The number of amides is 1. The predicted molar refractivity (Wildman–Crippen MR) is 126 cm³/mol. The van der Waals surface area contributed by atoms with Crippen LogP contribution in [0.25, 0.3) is 0 Å². The van der Waals surface area contributed by atoms with Crippen molar-refractivity contribution in [2.45, 2.75) is 13.5 Å². The number of rotatable bonds is 8. The summed E-state index contributed by atoms with van der Waals surface area (Å²) in [6.07, 6.45) is 1.17. The van der Waals surface area contributed by atoms with Gasteiger partial charge >= 0.3 is 0 Å². The molecule has 0 aromatic heterocycles. The van der Waals surface area contributed by atoms with Crippen molar-refractivity contribution >= 4 is 27.3 Å². The topological polar surface area (TPSA) is 84.9 Å². The summed E-state index contributed by atoms with van der Waals surface area (Å²) in [5.41, 5.74) is 3.28. The number of carbonyl (C=O) groups is 1. The SMILES string of the molecule is COc1ccc(NC(=O)c2ccc(N(Cc3ccccc3C)S(C)(=O)=O)cc2)c(OC)c1. The molecule has 0 saturated heterocycles. The molecule has 0 aliphatic carbocycles. The molecule has 3 rings (SSSR count). The third-order valence-corrected chi connectivity index (χ3v) is 6.19. The molecule has 0 fully saturated rings. The summed E-state index contributed by atoms with van der Waals surface area (Å²) in [5, 5.41) is 2.80. The molecule has 0 spiro atoms. The standard InChI is InChI=1S/C24H26N2O5S/c1-17-7-5-6-8-19(17)16-26(32(4,28)29)20-11-9-18(10-12-20)24(27)25-22-14-13-21(30-2)15-23(22)31-3/h5-15H,16H2,1-4H3,(H,25,27). The van der Waals surface area contributed by atoms with Crippen molar-refractivity contribution < 1.29 is 22.7 Å². The Labute approximate surface area is 188 Å². The molecule has 7 nitrogen and oxygen atoms in total. The first-order chi connectivity index (χ1) is 15.2. The van der Waals surface area contributed by atoms with Crippen molar-refractivity contribution in [2.75, 3.05) is 30.1 Å². The van der Waals surface area contributed by atoms with Gasteiger partial charge in [0.1, 0.15) is 11.5 Å². The molecule has 8 heteroatoms. The molecule has 168 valence electrons. The van der Waals surface area contributed by atoms with Crippen LogP contribution in [0.5, 0.6) is 11.5 Å². The minimum atomic E-state index is -3.53. The first kappa shape index (κ1) is 23.1. The number of benzene rings is 3. The van der Waals surface area contributed by atoms with E-state index in [1.54, 1.807) is 49.6 Å². The van der Waals surface area contributed by atoms with E-state index in [9.17, 15) is 13.2 Å². The van der Waals surface area contributed by atoms with E-state index in [0.29, 0.717) is 28.4 Å². The fraction of sp³-hybridized carbons (Fsp3) is 0.208. The van der Waals surface area contributed by atoms with E-state index in [-0.39, 0.29) is 12.5 Å². The quantitative estimate of drug-likeness (QED) is 0.551. The van der Waals surface area contributed by atoms with Crippen molar-refractivity contribution in [1.29, 1.82) is 0 Å². The van der Waals surface area contributed by atoms with Crippen LogP contribution in [0.2, 0.25) is 0 Å². The fourth-order valence-electron chi connectivity index (χ4n) is 3.22. The van der Waals surface area contributed by atoms with E-state index in [0.717, 1.165) is 11.1 Å². The van der Waals surface area contributed by atoms with Gasteiger partial charge in [0.05, 0.1) is 38.4 Å². The van der Waals surface area contributed by atoms with Crippen molar-refractivity contribution in [3.63, 3.8) is 0 Å².